The average Bonchev–Trinajstić information content (AvgIpc) is 2.86. The Morgan fingerprint density at radius 2 is 1.34 bits per heavy atom. The summed E-state index contributed by atoms with van der Waals surface area (Å²) in [7, 11) is 4.76. The number of nitrogens with zero attached hydrogens (tertiary/aromatic N) is 1. The molecule has 0 spiro atoms. The Morgan fingerprint density at radius 1 is 0.781 bits per heavy atom. The Balaban J connectivity index is 2.01. The van der Waals surface area contributed by atoms with Gasteiger partial charge in [-0.3, -0.25) is 9.69 Å². The Labute approximate surface area is 190 Å². The van der Waals surface area contributed by atoms with E-state index in [-0.39, 0.29) is 24.5 Å². The van der Waals surface area contributed by atoms with Crippen LogP contribution in [0.4, 0.5) is 0 Å². The van der Waals surface area contributed by atoms with Crippen LogP contribution in [0.5, 0.6) is 11.5 Å². The maximum absolute atomic E-state index is 12.4. The highest BCUT2D eigenvalue weighted by Crippen LogP contribution is 2.35. The predicted octanol–water partition coefficient (Wildman–Crippen LogP) is 5.57. The van der Waals surface area contributed by atoms with Gasteiger partial charge < -0.3 is 14.2 Å². The standard InChI is InChI=1S/C27H31NO4/c1-20(22-12-16-25(31-3)17-13-22)28(19-21-10-14-24(30-2)15-11-21)26(18-27(29)32-4)23-8-6-5-7-9-23/h5-17,20,26H,18-19H2,1-4H3/t20-,26+/m1/s1. The zero-order chi connectivity index (χ0) is 22.9. The van der Waals surface area contributed by atoms with Crippen LogP contribution in [0, 0.1) is 0 Å². The van der Waals surface area contributed by atoms with Crippen molar-refractivity contribution in [3.8, 4) is 11.5 Å². The molecule has 32 heavy (non-hydrogen) atoms. The van der Waals surface area contributed by atoms with Crippen LogP contribution in [0.1, 0.15) is 42.1 Å². The molecule has 3 aromatic carbocycles. The minimum absolute atomic E-state index is 0.0397. The molecule has 168 valence electrons. The van der Waals surface area contributed by atoms with E-state index in [1.165, 1.54) is 7.11 Å². The van der Waals surface area contributed by atoms with Crippen LogP contribution in [0.2, 0.25) is 0 Å². The average molecular weight is 434 g/mol. The highest BCUT2D eigenvalue weighted by molar-refractivity contribution is 5.70. The van der Waals surface area contributed by atoms with Crippen LogP contribution in [0.15, 0.2) is 78.9 Å². The van der Waals surface area contributed by atoms with Crippen molar-refractivity contribution in [1.82, 2.24) is 4.90 Å². The number of benzene rings is 3. The molecule has 0 N–H and O–H groups in total. The van der Waals surface area contributed by atoms with Gasteiger partial charge in [0.1, 0.15) is 11.5 Å². The van der Waals surface area contributed by atoms with Crippen molar-refractivity contribution in [3.63, 3.8) is 0 Å². The monoisotopic (exact) mass is 433 g/mol. The Hall–Kier alpha value is -3.31. The molecular formula is C27H31NO4. The molecular weight excluding hydrogens is 402 g/mol. The summed E-state index contributed by atoms with van der Waals surface area (Å²) in [4.78, 5) is 14.7. The molecule has 0 amide bonds. The fourth-order valence-corrected chi connectivity index (χ4v) is 3.88. The van der Waals surface area contributed by atoms with E-state index in [0.29, 0.717) is 6.54 Å². The summed E-state index contributed by atoms with van der Waals surface area (Å²) in [5, 5.41) is 0. The van der Waals surface area contributed by atoms with E-state index in [9.17, 15) is 4.79 Å². The first kappa shape index (κ1) is 23.4. The van der Waals surface area contributed by atoms with Crippen molar-refractivity contribution in [2.45, 2.75) is 32.0 Å². The van der Waals surface area contributed by atoms with Gasteiger partial charge in [-0.05, 0) is 47.9 Å². The van der Waals surface area contributed by atoms with Gasteiger partial charge in [0.2, 0.25) is 0 Å². The molecule has 0 bridgehead atoms. The quantitative estimate of drug-likeness (QED) is 0.391. The summed E-state index contributed by atoms with van der Waals surface area (Å²) in [5.74, 6) is 1.40. The van der Waals surface area contributed by atoms with Crippen molar-refractivity contribution in [3.05, 3.63) is 95.6 Å². The number of hydrogen-bond donors (Lipinski definition) is 0. The van der Waals surface area contributed by atoms with E-state index in [0.717, 1.165) is 28.2 Å². The number of carbonyl (C=O) groups excluding carboxylic acids is 1. The molecule has 0 aliphatic rings. The smallest absolute Gasteiger partial charge is 0.307 e. The molecule has 0 saturated heterocycles. The Kier molecular flexibility index (Phi) is 8.28. The third-order valence-corrected chi connectivity index (χ3v) is 5.79. The predicted molar refractivity (Wildman–Crippen MR) is 126 cm³/mol. The molecule has 0 aliphatic carbocycles. The first-order valence-electron chi connectivity index (χ1n) is 10.7. The van der Waals surface area contributed by atoms with Crippen molar-refractivity contribution in [2.75, 3.05) is 21.3 Å². The number of hydrogen-bond acceptors (Lipinski definition) is 5. The van der Waals surface area contributed by atoms with Crippen molar-refractivity contribution >= 4 is 5.97 Å². The molecule has 2 atom stereocenters. The minimum atomic E-state index is -0.236. The second-order valence-corrected chi connectivity index (χ2v) is 7.68. The summed E-state index contributed by atoms with van der Waals surface area (Å²) in [6.45, 7) is 2.83. The normalized spacial score (nSPS) is 12.8. The van der Waals surface area contributed by atoms with E-state index in [1.54, 1.807) is 14.2 Å². The molecule has 0 saturated carbocycles. The highest BCUT2D eigenvalue weighted by Gasteiger charge is 2.28. The first-order valence-corrected chi connectivity index (χ1v) is 10.7. The zero-order valence-electron chi connectivity index (χ0n) is 19.2. The van der Waals surface area contributed by atoms with Gasteiger partial charge in [0, 0.05) is 18.6 Å². The number of methoxy groups -OCH3 is 3. The summed E-state index contributed by atoms with van der Waals surface area (Å²) >= 11 is 0. The lowest BCUT2D eigenvalue weighted by Gasteiger charge is -2.37. The summed E-state index contributed by atoms with van der Waals surface area (Å²) < 4.78 is 15.7. The van der Waals surface area contributed by atoms with Crippen LogP contribution in [0.25, 0.3) is 0 Å². The number of ether oxygens (including phenoxy) is 3. The van der Waals surface area contributed by atoms with E-state index in [2.05, 4.69) is 48.2 Å². The van der Waals surface area contributed by atoms with E-state index in [4.69, 9.17) is 14.2 Å². The topological polar surface area (TPSA) is 48.0 Å². The second kappa shape index (κ2) is 11.3. The number of rotatable bonds is 10. The molecule has 5 heteroatoms. The lowest BCUT2D eigenvalue weighted by molar-refractivity contribution is -0.142. The molecule has 0 radical (unpaired) electrons. The molecule has 0 aliphatic heterocycles. The van der Waals surface area contributed by atoms with Gasteiger partial charge in [-0.25, -0.2) is 0 Å². The van der Waals surface area contributed by atoms with Crippen LogP contribution in [-0.4, -0.2) is 32.2 Å². The molecule has 0 unspecified atom stereocenters. The lowest BCUT2D eigenvalue weighted by Crippen LogP contribution is -2.33. The van der Waals surface area contributed by atoms with Crippen LogP contribution in [0.3, 0.4) is 0 Å². The molecule has 3 aromatic rings. The number of esters is 1. The molecule has 5 nitrogen and oxygen atoms in total. The summed E-state index contributed by atoms with van der Waals surface area (Å²) in [5.41, 5.74) is 3.36. The van der Waals surface area contributed by atoms with E-state index in [1.807, 2.05) is 42.5 Å². The van der Waals surface area contributed by atoms with Crippen molar-refractivity contribution in [1.29, 1.82) is 0 Å². The maximum Gasteiger partial charge on any atom is 0.307 e. The van der Waals surface area contributed by atoms with Gasteiger partial charge in [-0.1, -0.05) is 54.6 Å². The van der Waals surface area contributed by atoms with Gasteiger partial charge in [0.15, 0.2) is 0 Å². The van der Waals surface area contributed by atoms with E-state index >= 15 is 0 Å². The fraction of sp³-hybridized carbons (Fsp3) is 0.296. The Morgan fingerprint density at radius 3 is 1.88 bits per heavy atom. The van der Waals surface area contributed by atoms with Crippen LogP contribution in [-0.2, 0) is 16.1 Å². The lowest BCUT2D eigenvalue weighted by atomic mass is 9.96. The third-order valence-electron chi connectivity index (χ3n) is 5.79. The van der Waals surface area contributed by atoms with Crippen LogP contribution >= 0.6 is 0 Å². The first-order chi connectivity index (χ1) is 15.5. The van der Waals surface area contributed by atoms with Gasteiger partial charge in [-0.15, -0.1) is 0 Å². The van der Waals surface area contributed by atoms with Gasteiger partial charge >= 0.3 is 5.97 Å². The van der Waals surface area contributed by atoms with E-state index < -0.39 is 0 Å². The largest absolute Gasteiger partial charge is 0.497 e. The SMILES string of the molecule is COC(=O)C[C@@H](c1ccccc1)N(Cc1ccc(OC)cc1)[C@H](C)c1ccc(OC)cc1. The van der Waals surface area contributed by atoms with Gasteiger partial charge in [-0.2, -0.15) is 0 Å². The van der Waals surface area contributed by atoms with Gasteiger partial charge in [0.05, 0.1) is 27.8 Å². The zero-order valence-corrected chi connectivity index (χ0v) is 19.2. The number of carbonyl (C=O) groups is 1. The molecule has 0 heterocycles. The third kappa shape index (κ3) is 5.89. The molecule has 3 rings (SSSR count). The summed E-state index contributed by atoms with van der Waals surface area (Å²) in [6, 6.07) is 26.1. The molecule has 0 aromatic heterocycles. The van der Waals surface area contributed by atoms with Crippen LogP contribution < -0.4 is 9.47 Å². The fourth-order valence-electron chi connectivity index (χ4n) is 3.88. The van der Waals surface area contributed by atoms with Crippen molar-refractivity contribution < 1.29 is 19.0 Å². The summed E-state index contributed by atoms with van der Waals surface area (Å²) in [6.07, 6.45) is 0.261. The minimum Gasteiger partial charge on any atom is -0.497 e. The molecule has 0 fully saturated rings. The van der Waals surface area contributed by atoms with Crippen molar-refractivity contribution in [2.24, 2.45) is 0 Å². The highest BCUT2D eigenvalue weighted by atomic mass is 16.5. The second-order valence-electron chi connectivity index (χ2n) is 7.68. The van der Waals surface area contributed by atoms with Gasteiger partial charge in [0.25, 0.3) is 0 Å². The Bertz CT molecular complexity index is 971. The maximum atomic E-state index is 12.4.